The fourth-order valence-corrected chi connectivity index (χ4v) is 2.54. The number of tetrazole rings is 1. The van der Waals surface area contributed by atoms with E-state index in [1.807, 2.05) is 36.1 Å². The first-order valence-corrected chi connectivity index (χ1v) is 6.83. The van der Waals surface area contributed by atoms with Gasteiger partial charge in [-0.05, 0) is 42.8 Å². The summed E-state index contributed by atoms with van der Waals surface area (Å²) in [5.74, 6) is -0.191. The summed E-state index contributed by atoms with van der Waals surface area (Å²) in [7, 11) is 0. The van der Waals surface area contributed by atoms with Crippen molar-refractivity contribution in [2.75, 3.05) is 18.0 Å². The van der Waals surface area contributed by atoms with Gasteiger partial charge in [0.1, 0.15) is 0 Å². The molecule has 0 bridgehead atoms. The average molecular weight is 287 g/mol. The number of anilines is 1. The van der Waals surface area contributed by atoms with Gasteiger partial charge in [0.25, 0.3) is 0 Å². The van der Waals surface area contributed by atoms with Crippen LogP contribution in [0.2, 0.25) is 0 Å². The number of carbonyl (C=O) groups is 1. The lowest BCUT2D eigenvalue weighted by Crippen LogP contribution is -2.32. The summed E-state index contributed by atoms with van der Waals surface area (Å²) < 4.78 is 1.65. The second kappa shape index (κ2) is 4.83. The van der Waals surface area contributed by atoms with Gasteiger partial charge in [-0.2, -0.15) is 4.68 Å². The molecular weight excluding hydrogens is 270 g/mol. The van der Waals surface area contributed by atoms with Crippen molar-refractivity contribution in [2.45, 2.75) is 20.3 Å². The number of aromatic nitrogens is 4. The molecular formula is C14H17N5O2. The molecule has 1 atom stereocenters. The van der Waals surface area contributed by atoms with Crippen molar-refractivity contribution in [1.82, 2.24) is 20.2 Å². The van der Waals surface area contributed by atoms with Gasteiger partial charge in [0.2, 0.25) is 5.95 Å². The molecule has 1 unspecified atom stereocenters. The summed E-state index contributed by atoms with van der Waals surface area (Å²) in [6, 6.07) is 7.88. The van der Waals surface area contributed by atoms with E-state index in [9.17, 15) is 9.90 Å². The van der Waals surface area contributed by atoms with E-state index in [1.54, 1.807) is 11.6 Å². The van der Waals surface area contributed by atoms with Gasteiger partial charge in [0, 0.05) is 13.1 Å². The van der Waals surface area contributed by atoms with Gasteiger partial charge in [-0.3, -0.25) is 4.79 Å². The molecule has 1 aromatic carbocycles. The topological polar surface area (TPSA) is 84.1 Å². The minimum atomic E-state index is -0.778. The van der Waals surface area contributed by atoms with E-state index in [-0.39, 0.29) is 0 Å². The maximum Gasteiger partial charge on any atom is 0.311 e. The Labute approximate surface area is 122 Å². The Bertz CT molecular complexity index is 666. The predicted molar refractivity (Wildman–Crippen MR) is 76.5 cm³/mol. The molecule has 1 N–H and O–H groups in total. The number of aliphatic carboxylic acids is 1. The molecule has 21 heavy (non-hydrogen) atoms. The molecule has 1 fully saturated rings. The maximum atomic E-state index is 11.3. The van der Waals surface area contributed by atoms with E-state index in [0.717, 1.165) is 11.3 Å². The summed E-state index contributed by atoms with van der Waals surface area (Å²) in [6.07, 6.45) is 0.586. The predicted octanol–water partition coefficient (Wildman–Crippen LogP) is 1.27. The zero-order valence-electron chi connectivity index (χ0n) is 12.0. The number of rotatable bonds is 3. The summed E-state index contributed by atoms with van der Waals surface area (Å²) in [4.78, 5) is 13.3. The lowest BCUT2D eigenvalue weighted by molar-refractivity contribution is -0.146. The first-order chi connectivity index (χ1) is 9.99. The van der Waals surface area contributed by atoms with E-state index < -0.39 is 11.4 Å². The number of aryl methyl sites for hydroxylation is 1. The van der Waals surface area contributed by atoms with Crippen LogP contribution in [0.1, 0.15) is 18.9 Å². The molecule has 1 saturated heterocycles. The van der Waals surface area contributed by atoms with Gasteiger partial charge in [0.15, 0.2) is 0 Å². The van der Waals surface area contributed by atoms with Gasteiger partial charge in [0.05, 0.1) is 11.1 Å². The highest BCUT2D eigenvalue weighted by molar-refractivity contribution is 5.76. The van der Waals surface area contributed by atoms with Gasteiger partial charge in [-0.25, -0.2) is 0 Å². The van der Waals surface area contributed by atoms with Gasteiger partial charge >= 0.3 is 5.97 Å². The highest BCUT2D eigenvalue weighted by Gasteiger charge is 2.42. The minimum absolute atomic E-state index is 0.411. The molecule has 1 aromatic heterocycles. The fourth-order valence-electron chi connectivity index (χ4n) is 2.54. The monoisotopic (exact) mass is 287 g/mol. The molecule has 1 aliphatic heterocycles. The summed E-state index contributed by atoms with van der Waals surface area (Å²) in [5, 5.41) is 21.1. The van der Waals surface area contributed by atoms with Crippen molar-refractivity contribution in [2.24, 2.45) is 5.41 Å². The van der Waals surface area contributed by atoms with Gasteiger partial charge < -0.3 is 10.0 Å². The third-order valence-electron chi connectivity index (χ3n) is 4.00. The first-order valence-electron chi connectivity index (χ1n) is 6.83. The summed E-state index contributed by atoms with van der Waals surface area (Å²) in [5.41, 5.74) is 1.28. The molecule has 0 spiro atoms. The molecule has 0 radical (unpaired) electrons. The first kappa shape index (κ1) is 13.5. The van der Waals surface area contributed by atoms with Crippen LogP contribution < -0.4 is 4.90 Å². The maximum absolute atomic E-state index is 11.3. The standard InChI is InChI=1S/C14H17N5O2/c1-10-3-5-11(6-4-10)19-13(15-16-17-19)18-8-7-14(2,9-18)12(20)21/h3-6H,7-9H2,1-2H3,(H,20,21). The van der Waals surface area contributed by atoms with Crippen molar-refractivity contribution in [3.05, 3.63) is 29.8 Å². The Morgan fingerprint density at radius 1 is 1.33 bits per heavy atom. The van der Waals surface area contributed by atoms with Crippen LogP contribution in [0.25, 0.3) is 5.69 Å². The lowest BCUT2D eigenvalue weighted by Gasteiger charge is -2.20. The van der Waals surface area contributed by atoms with Crippen LogP contribution in [-0.2, 0) is 4.79 Å². The van der Waals surface area contributed by atoms with E-state index in [4.69, 9.17) is 0 Å². The number of nitrogens with zero attached hydrogens (tertiary/aromatic N) is 5. The zero-order valence-corrected chi connectivity index (χ0v) is 12.0. The summed E-state index contributed by atoms with van der Waals surface area (Å²) >= 11 is 0. The van der Waals surface area contributed by atoms with Crippen LogP contribution in [0.15, 0.2) is 24.3 Å². The van der Waals surface area contributed by atoms with E-state index in [1.165, 1.54) is 0 Å². The van der Waals surface area contributed by atoms with Crippen LogP contribution in [0, 0.1) is 12.3 Å². The lowest BCUT2D eigenvalue weighted by atomic mass is 9.90. The van der Waals surface area contributed by atoms with E-state index in [2.05, 4.69) is 15.5 Å². The molecule has 7 nitrogen and oxygen atoms in total. The third kappa shape index (κ3) is 2.35. The van der Waals surface area contributed by atoms with Gasteiger partial charge in [-0.15, -0.1) is 0 Å². The Morgan fingerprint density at radius 3 is 2.67 bits per heavy atom. The van der Waals surface area contributed by atoms with Crippen LogP contribution in [-0.4, -0.2) is 44.4 Å². The summed E-state index contributed by atoms with van der Waals surface area (Å²) in [6.45, 7) is 4.82. The number of carboxylic acids is 1. The average Bonchev–Trinajstić information content (AvgIpc) is 3.07. The second-order valence-electron chi connectivity index (χ2n) is 5.76. The Morgan fingerprint density at radius 2 is 2.05 bits per heavy atom. The Kier molecular flexibility index (Phi) is 3.12. The molecule has 7 heteroatoms. The molecule has 3 rings (SSSR count). The molecule has 2 heterocycles. The molecule has 2 aromatic rings. The molecule has 0 saturated carbocycles. The molecule has 0 amide bonds. The molecule has 110 valence electrons. The van der Waals surface area contributed by atoms with Crippen molar-refractivity contribution < 1.29 is 9.90 Å². The highest BCUT2D eigenvalue weighted by Crippen LogP contribution is 2.32. The fraction of sp³-hybridized carbons (Fsp3) is 0.429. The van der Waals surface area contributed by atoms with E-state index >= 15 is 0 Å². The van der Waals surface area contributed by atoms with Gasteiger partial charge in [-0.1, -0.05) is 22.8 Å². The van der Waals surface area contributed by atoms with Crippen LogP contribution >= 0.6 is 0 Å². The zero-order chi connectivity index (χ0) is 15.0. The third-order valence-corrected chi connectivity index (χ3v) is 4.00. The SMILES string of the molecule is Cc1ccc(-n2nnnc2N2CCC(C)(C(=O)O)C2)cc1. The van der Waals surface area contributed by atoms with Crippen LogP contribution in [0.4, 0.5) is 5.95 Å². The van der Waals surface area contributed by atoms with Crippen LogP contribution in [0.3, 0.4) is 0 Å². The van der Waals surface area contributed by atoms with Crippen LogP contribution in [0.5, 0.6) is 0 Å². The van der Waals surface area contributed by atoms with Crippen molar-refractivity contribution >= 4 is 11.9 Å². The minimum Gasteiger partial charge on any atom is -0.481 e. The number of hydrogen-bond acceptors (Lipinski definition) is 5. The normalized spacial score (nSPS) is 21.7. The van der Waals surface area contributed by atoms with Crippen molar-refractivity contribution in [1.29, 1.82) is 0 Å². The highest BCUT2D eigenvalue weighted by atomic mass is 16.4. The largest absolute Gasteiger partial charge is 0.481 e. The Balaban J connectivity index is 1.90. The smallest absolute Gasteiger partial charge is 0.311 e. The quantitative estimate of drug-likeness (QED) is 0.915. The molecule has 1 aliphatic rings. The second-order valence-corrected chi connectivity index (χ2v) is 5.76. The number of carboxylic acid groups (broad SMARTS) is 1. The van der Waals surface area contributed by atoms with Crippen molar-refractivity contribution in [3.8, 4) is 5.69 Å². The Hall–Kier alpha value is -2.44. The molecule has 0 aliphatic carbocycles. The number of hydrogen-bond donors (Lipinski definition) is 1. The number of benzene rings is 1. The van der Waals surface area contributed by atoms with Crippen molar-refractivity contribution in [3.63, 3.8) is 0 Å². The van der Waals surface area contributed by atoms with E-state index in [0.29, 0.717) is 25.5 Å².